The van der Waals surface area contributed by atoms with Crippen LogP contribution >= 0.6 is 34.8 Å². The molecule has 0 N–H and O–H groups in total. The van der Waals surface area contributed by atoms with Crippen LogP contribution in [0.1, 0.15) is 6.42 Å². The fraction of sp³-hybridized carbons (Fsp3) is 0.400. The molecule has 0 aliphatic rings. The fourth-order valence-corrected chi connectivity index (χ4v) is 0.363. The second-order valence-corrected chi connectivity index (χ2v) is 3.33. The average Bonchev–Trinajstić information content (AvgIpc) is 1.59. The highest BCUT2D eigenvalue weighted by Crippen LogP contribution is 2.24. The van der Waals surface area contributed by atoms with Crippen molar-refractivity contribution in [1.82, 2.24) is 0 Å². The Morgan fingerprint density at radius 3 is 2.00 bits per heavy atom. The second kappa shape index (κ2) is 3.45. The van der Waals surface area contributed by atoms with Gasteiger partial charge in [0, 0.05) is 6.42 Å². The largest absolute Gasteiger partial charge is 0.252 e. The third kappa shape index (κ3) is 6.43. The highest BCUT2D eigenvalue weighted by atomic mass is 35.6. The molecular weight excluding hydrogens is 166 g/mol. The van der Waals surface area contributed by atoms with Gasteiger partial charge in [0.1, 0.15) is 0 Å². The van der Waals surface area contributed by atoms with E-state index >= 15 is 0 Å². The lowest BCUT2D eigenvalue weighted by atomic mass is 10.5. The first kappa shape index (κ1) is 8.43. The summed E-state index contributed by atoms with van der Waals surface area (Å²) >= 11 is 15.7. The van der Waals surface area contributed by atoms with Gasteiger partial charge in [-0.1, -0.05) is 40.7 Å². The van der Waals surface area contributed by atoms with Gasteiger partial charge in [-0.2, -0.15) is 0 Å². The molecule has 0 aliphatic heterocycles. The third-order valence-corrected chi connectivity index (χ3v) is 0.639. The molecule has 0 aromatic heterocycles. The molecule has 0 atom stereocenters. The van der Waals surface area contributed by atoms with Crippen LogP contribution in [0.25, 0.3) is 0 Å². The average molecular weight is 170 g/mol. The highest BCUT2D eigenvalue weighted by molar-refractivity contribution is 6.69. The molecule has 0 saturated carbocycles. The van der Waals surface area contributed by atoms with E-state index in [4.69, 9.17) is 34.8 Å². The molecule has 0 amide bonds. The van der Waals surface area contributed by atoms with Gasteiger partial charge < -0.3 is 0 Å². The van der Waals surface area contributed by atoms with E-state index in [9.17, 15) is 0 Å². The van der Waals surface area contributed by atoms with E-state index in [2.05, 4.69) is 18.8 Å². The summed E-state index contributed by atoms with van der Waals surface area (Å²) in [5.41, 5.74) is 0. The molecule has 0 aromatic rings. The topological polar surface area (TPSA) is 0 Å². The van der Waals surface area contributed by atoms with E-state index in [1.165, 1.54) is 0 Å². The van der Waals surface area contributed by atoms with Crippen molar-refractivity contribution < 1.29 is 0 Å². The summed E-state index contributed by atoms with van der Waals surface area (Å²) in [6.07, 6.45) is 0.466. The van der Waals surface area contributed by atoms with Crippen LogP contribution in [-0.4, -0.2) is 3.79 Å². The van der Waals surface area contributed by atoms with E-state index in [1.54, 1.807) is 0 Å². The maximum Gasteiger partial charge on any atom is 0.252 e. The minimum Gasteiger partial charge on any atom is -0.0989 e. The minimum atomic E-state index is -1.43. The van der Waals surface area contributed by atoms with E-state index in [0.29, 0.717) is 6.42 Å². The van der Waals surface area contributed by atoms with Crippen LogP contribution in [-0.2, 0) is 0 Å². The van der Waals surface area contributed by atoms with Crippen molar-refractivity contribution in [3.05, 3.63) is 6.92 Å². The number of halogens is 3. The summed E-state index contributed by atoms with van der Waals surface area (Å²) in [7, 11) is 0. The molecule has 0 fully saturated rings. The molecule has 0 spiro atoms. The van der Waals surface area contributed by atoms with E-state index in [0.717, 1.165) is 0 Å². The van der Waals surface area contributed by atoms with Crippen LogP contribution in [0.3, 0.4) is 0 Å². The Hall–Kier alpha value is 0.430. The quantitative estimate of drug-likeness (QED) is 0.387. The zero-order valence-corrected chi connectivity index (χ0v) is 6.32. The molecule has 8 heavy (non-hydrogen) atoms. The van der Waals surface area contributed by atoms with E-state index in [-0.39, 0.29) is 0 Å². The maximum absolute atomic E-state index is 5.24. The van der Waals surface area contributed by atoms with Crippen LogP contribution in [0.5, 0.6) is 0 Å². The molecule has 0 bridgehead atoms. The zero-order chi connectivity index (χ0) is 6.62. The van der Waals surface area contributed by atoms with Gasteiger partial charge in [0.15, 0.2) is 0 Å². The summed E-state index contributed by atoms with van der Waals surface area (Å²) in [4.78, 5) is 0. The first-order chi connectivity index (χ1) is 3.56. The summed E-state index contributed by atoms with van der Waals surface area (Å²) in [5.74, 6) is 4.89. The lowest BCUT2D eigenvalue weighted by Crippen LogP contribution is -1.94. The Morgan fingerprint density at radius 2 is 1.88 bits per heavy atom. The molecule has 1 radical (unpaired) electrons. The monoisotopic (exact) mass is 169 g/mol. The molecular formula is C5H4Cl3. The molecule has 0 aliphatic carbocycles. The van der Waals surface area contributed by atoms with Gasteiger partial charge in [-0.15, -0.1) is 0 Å². The van der Waals surface area contributed by atoms with Crippen molar-refractivity contribution in [1.29, 1.82) is 0 Å². The summed E-state index contributed by atoms with van der Waals surface area (Å²) in [6.45, 7) is 3.44. The Balaban J connectivity index is 3.69. The smallest absolute Gasteiger partial charge is 0.0989 e. The molecule has 0 rings (SSSR count). The predicted octanol–water partition coefficient (Wildman–Crippen LogP) is 2.58. The number of rotatable bonds is 0. The normalized spacial score (nSPS) is 10.0. The molecule has 0 nitrogen and oxygen atoms in total. The van der Waals surface area contributed by atoms with Gasteiger partial charge in [-0.3, -0.25) is 0 Å². The van der Waals surface area contributed by atoms with Crippen molar-refractivity contribution >= 4 is 34.8 Å². The van der Waals surface area contributed by atoms with Gasteiger partial charge in [0.25, 0.3) is 3.79 Å². The van der Waals surface area contributed by atoms with Crippen LogP contribution in [0.2, 0.25) is 0 Å². The van der Waals surface area contributed by atoms with Crippen molar-refractivity contribution in [3.8, 4) is 11.8 Å². The summed E-state index contributed by atoms with van der Waals surface area (Å²) in [5, 5.41) is 0. The molecule has 3 heteroatoms. The lowest BCUT2D eigenvalue weighted by molar-refractivity contribution is 1.45. The van der Waals surface area contributed by atoms with Crippen molar-refractivity contribution in [2.75, 3.05) is 0 Å². The van der Waals surface area contributed by atoms with Gasteiger partial charge in [-0.05, 0) is 12.8 Å². The van der Waals surface area contributed by atoms with Crippen molar-refractivity contribution in [2.45, 2.75) is 10.2 Å². The standard InChI is InChI=1S/C5H4Cl3/c1-2-3-4-5(6,7)8/h1-2H2. The van der Waals surface area contributed by atoms with Gasteiger partial charge in [0.05, 0.1) is 0 Å². The first-order valence-corrected chi connectivity index (χ1v) is 3.05. The van der Waals surface area contributed by atoms with Crippen molar-refractivity contribution in [3.63, 3.8) is 0 Å². The van der Waals surface area contributed by atoms with E-state index in [1.807, 2.05) is 0 Å². The van der Waals surface area contributed by atoms with Crippen molar-refractivity contribution in [2.24, 2.45) is 0 Å². The molecule has 0 aromatic carbocycles. The Kier molecular flexibility index (Phi) is 3.64. The fourth-order valence-electron chi connectivity index (χ4n) is 0.163. The number of hydrogen-bond acceptors (Lipinski definition) is 0. The lowest BCUT2D eigenvalue weighted by Gasteiger charge is -1.95. The van der Waals surface area contributed by atoms with Gasteiger partial charge in [-0.25, -0.2) is 0 Å². The second-order valence-electron chi connectivity index (χ2n) is 1.05. The molecule has 0 heterocycles. The van der Waals surface area contributed by atoms with Crippen LogP contribution in [0.15, 0.2) is 0 Å². The highest BCUT2D eigenvalue weighted by Gasteiger charge is 2.13. The van der Waals surface area contributed by atoms with Gasteiger partial charge in [0.2, 0.25) is 0 Å². The molecule has 0 saturated heterocycles. The maximum atomic E-state index is 5.24. The Morgan fingerprint density at radius 1 is 1.38 bits per heavy atom. The van der Waals surface area contributed by atoms with Crippen LogP contribution in [0, 0.1) is 18.8 Å². The Labute approximate surface area is 64.1 Å². The van der Waals surface area contributed by atoms with E-state index < -0.39 is 3.79 Å². The molecule has 45 valence electrons. The van der Waals surface area contributed by atoms with Crippen LogP contribution < -0.4 is 0 Å². The SMILES string of the molecule is [CH2]CC#CC(Cl)(Cl)Cl. The summed E-state index contributed by atoms with van der Waals surface area (Å²) < 4.78 is -1.43. The van der Waals surface area contributed by atoms with Gasteiger partial charge >= 0.3 is 0 Å². The van der Waals surface area contributed by atoms with Crippen LogP contribution in [0.4, 0.5) is 0 Å². The minimum absolute atomic E-state index is 0.466. The number of hydrogen-bond donors (Lipinski definition) is 0. The predicted molar refractivity (Wildman–Crippen MR) is 38.0 cm³/mol. The Bertz CT molecular complexity index is 112. The first-order valence-electron chi connectivity index (χ1n) is 1.92. The summed E-state index contributed by atoms with van der Waals surface area (Å²) in [6, 6.07) is 0. The third-order valence-electron chi connectivity index (χ3n) is 0.355. The molecule has 0 unspecified atom stereocenters. The zero-order valence-electron chi connectivity index (χ0n) is 4.05. The number of alkyl halides is 3.